The molecular formula is C21H23ClFN3O2. The number of rotatable bonds is 4. The summed E-state index contributed by atoms with van der Waals surface area (Å²) >= 11 is 5.76. The number of anilines is 1. The molecule has 3 rings (SSSR count). The molecule has 0 spiro atoms. The van der Waals surface area contributed by atoms with E-state index < -0.39 is 11.2 Å². The Balaban J connectivity index is 1.60. The number of carbonyl (C=O) groups is 2. The molecule has 2 aromatic carbocycles. The fraction of sp³-hybridized carbons (Fsp3) is 0.333. The molecule has 1 fully saturated rings. The van der Waals surface area contributed by atoms with E-state index in [1.807, 2.05) is 37.3 Å². The van der Waals surface area contributed by atoms with Gasteiger partial charge < -0.3 is 15.5 Å². The second-order valence-electron chi connectivity index (χ2n) is 7.31. The molecule has 0 bridgehead atoms. The highest BCUT2D eigenvalue weighted by Gasteiger charge is 2.39. The lowest BCUT2D eigenvalue weighted by atomic mass is 9.81. The number of hydrogen-bond acceptors (Lipinski definition) is 2. The van der Waals surface area contributed by atoms with Gasteiger partial charge >= 0.3 is 6.03 Å². The molecule has 0 aliphatic carbocycles. The maximum atomic E-state index is 13.3. The van der Waals surface area contributed by atoms with Crippen LogP contribution < -0.4 is 10.6 Å². The van der Waals surface area contributed by atoms with E-state index in [0.717, 1.165) is 12.0 Å². The Morgan fingerprint density at radius 1 is 1.21 bits per heavy atom. The maximum absolute atomic E-state index is 13.3. The van der Waals surface area contributed by atoms with Gasteiger partial charge in [0, 0.05) is 25.3 Å². The third kappa shape index (κ3) is 4.81. The third-order valence-corrected chi connectivity index (χ3v) is 5.29. The standard InChI is InChI=1S/C21H23ClFN3O2/c1-21(19(27)24-13-15-6-3-2-4-7-15)10-5-11-26(14-21)20(28)25-16-8-9-18(23)17(22)12-16/h2-4,6-9,12H,5,10-11,13-14H2,1H3,(H,24,27)(H,25,28). The van der Waals surface area contributed by atoms with Crippen molar-refractivity contribution in [2.75, 3.05) is 18.4 Å². The topological polar surface area (TPSA) is 61.4 Å². The summed E-state index contributed by atoms with van der Waals surface area (Å²) in [6.07, 6.45) is 1.44. The summed E-state index contributed by atoms with van der Waals surface area (Å²) in [5, 5.41) is 5.64. The van der Waals surface area contributed by atoms with Crippen LogP contribution in [0, 0.1) is 11.2 Å². The number of hydrogen-bond donors (Lipinski definition) is 2. The van der Waals surface area contributed by atoms with Crippen molar-refractivity contribution in [3.63, 3.8) is 0 Å². The first-order valence-electron chi connectivity index (χ1n) is 9.21. The number of amides is 3. The SMILES string of the molecule is CC1(C(=O)NCc2ccccc2)CCCN(C(=O)Nc2ccc(F)c(Cl)c2)C1. The Morgan fingerprint density at radius 2 is 1.96 bits per heavy atom. The zero-order valence-corrected chi connectivity index (χ0v) is 16.4. The van der Waals surface area contributed by atoms with Crippen LogP contribution in [0.5, 0.6) is 0 Å². The number of benzene rings is 2. The average molecular weight is 404 g/mol. The summed E-state index contributed by atoms with van der Waals surface area (Å²) in [5.41, 5.74) is 0.778. The monoisotopic (exact) mass is 403 g/mol. The summed E-state index contributed by atoms with van der Waals surface area (Å²) in [6, 6.07) is 13.4. The smallest absolute Gasteiger partial charge is 0.321 e. The van der Waals surface area contributed by atoms with E-state index >= 15 is 0 Å². The summed E-state index contributed by atoms with van der Waals surface area (Å²) in [5.74, 6) is -0.612. The van der Waals surface area contributed by atoms with Crippen LogP contribution in [0.2, 0.25) is 5.02 Å². The molecule has 1 aliphatic heterocycles. The van der Waals surface area contributed by atoms with Crippen LogP contribution in [0.15, 0.2) is 48.5 Å². The second kappa shape index (κ2) is 8.61. The highest BCUT2D eigenvalue weighted by Crippen LogP contribution is 2.30. The predicted octanol–water partition coefficient (Wildman–Crippen LogP) is 4.43. The summed E-state index contributed by atoms with van der Waals surface area (Å²) < 4.78 is 13.3. The van der Waals surface area contributed by atoms with Gasteiger partial charge in [-0.25, -0.2) is 9.18 Å². The van der Waals surface area contributed by atoms with Crippen LogP contribution >= 0.6 is 11.6 Å². The Hall–Kier alpha value is -2.60. The Labute approximate surface area is 168 Å². The van der Waals surface area contributed by atoms with Crippen molar-refractivity contribution in [1.82, 2.24) is 10.2 Å². The number of carbonyl (C=O) groups excluding carboxylic acids is 2. The first kappa shape index (κ1) is 20.1. The summed E-state index contributed by atoms with van der Waals surface area (Å²) in [6.45, 7) is 3.20. The van der Waals surface area contributed by atoms with Crippen LogP contribution in [0.4, 0.5) is 14.9 Å². The molecule has 0 radical (unpaired) electrons. The van der Waals surface area contributed by atoms with Gasteiger partial charge in [-0.1, -0.05) is 41.9 Å². The van der Waals surface area contributed by atoms with Crippen molar-refractivity contribution in [3.05, 3.63) is 64.9 Å². The number of urea groups is 1. The molecular weight excluding hydrogens is 381 g/mol. The Morgan fingerprint density at radius 3 is 2.68 bits per heavy atom. The molecule has 148 valence electrons. The molecule has 5 nitrogen and oxygen atoms in total. The van der Waals surface area contributed by atoms with E-state index in [1.165, 1.54) is 18.2 Å². The average Bonchev–Trinajstić information content (AvgIpc) is 2.69. The van der Waals surface area contributed by atoms with E-state index in [-0.39, 0.29) is 17.0 Å². The highest BCUT2D eigenvalue weighted by molar-refractivity contribution is 6.31. The molecule has 3 amide bonds. The Bertz CT molecular complexity index is 862. The lowest BCUT2D eigenvalue weighted by Crippen LogP contribution is -2.52. The Kier molecular flexibility index (Phi) is 6.19. The summed E-state index contributed by atoms with van der Waals surface area (Å²) in [4.78, 5) is 27.0. The van der Waals surface area contributed by atoms with Crippen molar-refractivity contribution in [2.45, 2.75) is 26.3 Å². The van der Waals surface area contributed by atoms with Gasteiger partial charge in [-0.2, -0.15) is 0 Å². The number of piperidine rings is 1. The fourth-order valence-corrected chi connectivity index (χ4v) is 3.55. The molecule has 1 atom stereocenters. The van der Waals surface area contributed by atoms with Crippen molar-refractivity contribution in [2.24, 2.45) is 5.41 Å². The van der Waals surface area contributed by atoms with E-state index in [0.29, 0.717) is 31.7 Å². The van der Waals surface area contributed by atoms with Gasteiger partial charge in [0.1, 0.15) is 5.82 Å². The van der Waals surface area contributed by atoms with Crippen LogP contribution in [0.3, 0.4) is 0 Å². The largest absolute Gasteiger partial charge is 0.351 e. The van der Waals surface area contributed by atoms with Gasteiger partial charge in [0.2, 0.25) is 5.91 Å². The van der Waals surface area contributed by atoms with Crippen LogP contribution in [-0.2, 0) is 11.3 Å². The van der Waals surface area contributed by atoms with Gasteiger partial charge in [-0.05, 0) is 43.5 Å². The molecule has 1 unspecified atom stereocenters. The zero-order valence-electron chi connectivity index (χ0n) is 15.7. The van der Waals surface area contributed by atoms with E-state index in [9.17, 15) is 14.0 Å². The molecule has 28 heavy (non-hydrogen) atoms. The minimum Gasteiger partial charge on any atom is -0.351 e. The van der Waals surface area contributed by atoms with Crippen LogP contribution in [0.25, 0.3) is 0 Å². The first-order chi connectivity index (χ1) is 13.4. The normalized spacial score (nSPS) is 19.2. The lowest BCUT2D eigenvalue weighted by molar-refractivity contribution is -0.132. The predicted molar refractivity (Wildman–Crippen MR) is 108 cm³/mol. The third-order valence-electron chi connectivity index (χ3n) is 5.00. The van der Waals surface area contributed by atoms with E-state index in [2.05, 4.69) is 10.6 Å². The number of nitrogens with zero attached hydrogens (tertiary/aromatic N) is 1. The molecule has 1 aliphatic rings. The molecule has 0 aromatic heterocycles. The van der Waals surface area contributed by atoms with Gasteiger partial charge in [-0.3, -0.25) is 4.79 Å². The second-order valence-corrected chi connectivity index (χ2v) is 7.72. The van der Waals surface area contributed by atoms with Crippen molar-refractivity contribution in [3.8, 4) is 0 Å². The number of likely N-dealkylation sites (tertiary alicyclic amines) is 1. The molecule has 7 heteroatoms. The minimum atomic E-state index is -0.662. The molecule has 2 aromatic rings. The lowest BCUT2D eigenvalue weighted by Gasteiger charge is -2.39. The van der Waals surface area contributed by atoms with Crippen LogP contribution in [-0.4, -0.2) is 29.9 Å². The van der Waals surface area contributed by atoms with Gasteiger partial charge in [0.25, 0.3) is 0 Å². The van der Waals surface area contributed by atoms with Crippen molar-refractivity contribution < 1.29 is 14.0 Å². The maximum Gasteiger partial charge on any atom is 0.321 e. The zero-order chi connectivity index (χ0) is 20.1. The van der Waals surface area contributed by atoms with E-state index in [4.69, 9.17) is 11.6 Å². The van der Waals surface area contributed by atoms with Gasteiger partial charge in [0.15, 0.2) is 0 Å². The van der Waals surface area contributed by atoms with Gasteiger partial charge in [-0.15, -0.1) is 0 Å². The molecule has 0 saturated carbocycles. The molecule has 1 saturated heterocycles. The first-order valence-corrected chi connectivity index (χ1v) is 9.58. The van der Waals surface area contributed by atoms with Gasteiger partial charge in [0.05, 0.1) is 10.4 Å². The number of halogens is 2. The quantitative estimate of drug-likeness (QED) is 0.793. The molecule has 1 heterocycles. The fourth-order valence-electron chi connectivity index (χ4n) is 3.37. The number of nitrogens with one attached hydrogen (secondary N) is 2. The molecule has 2 N–H and O–H groups in total. The summed E-state index contributed by atoms with van der Waals surface area (Å²) in [7, 11) is 0. The van der Waals surface area contributed by atoms with Crippen molar-refractivity contribution in [1.29, 1.82) is 0 Å². The van der Waals surface area contributed by atoms with E-state index in [1.54, 1.807) is 4.90 Å². The minimum absolute atomic E-state index is 0.0541. The highest BCUT2D eigenvalue weighted by atomic mass is 35.5. The van der Waals surface area contributed by atoms with Crippen molar-refractivity contribution >= 4 is 29.2 Å². The van der Waals surface area contributed by atoms with Crippen LogP contribution in [0.1, 0.15) is 25.3 Å².